The predicted molar refractivity (Wildman–Crippen MR) is 82.4 cm³/mol. The second kappa shape index (κ2) is 5.67. The molecule has 0 radical (unpaired) electrons. The zero-order valence-electron chi connectivity index (χ0n) is 10.5. The molecule has 0 unspecified atom stereocenters. The molecular formula is C13H13BrClN3O. The van der Waals surface area contributed by atoms with Crippen LogP contribution in [0, 0.1) is 6.92 Å². The molecule has 100 valence electrons. The lowest BCUT2D eigenvalue weighted by Gasteiger charge is -2.13. The van der Waals surface area contributed by atoms with Crippen molar-refractivity contribution in [1.82, 2.24) is 4.98 Å². The second-order valence-electron chi connectivity index (χ2n) is 4.03. The molecule has 0 aliphatic heterocycles. The van der Waals surface area contributed by atoms with Crippen molar-refractivity contribution < 1.29 is 4.74 Å². The molecular weight excluding hydrogens is 330 g/mol. The minimum absolute atomic E-state index is 0.594. The molecule has 6 heteroatoms. The van der Waals surface area contributed by atoms with Crippen LogP contribution in [-0.2, 0) is 0 Å². The highest BCUT2D eigenvalue weighted by atomic mass is 79.9. The van der Waals surface area contributed by atoms with Crippen molar-refractivity contribution in [2.24, 2.45) is 0 Å². The van der Waals surface area contributed by atoms with Crippen molar-refractivity contribution in [2.45, 2.75) is 6.92 Å². The summed E-state index contributed by atoms with van der Waals surface area (Å²) in [6, 6.07) is 5.46. The van der Waals surface area contributed by atoms with E-state index in [2.05, 4.69) is 26.2 Å². The summed E-state index contributed by atoms with van der Waals surface area (Å²) < 4.78 is 6.08. The molecule has 2 aromatic rings. The number of benzene rings is 1. The van der Waals surface area contributed by atoms with E-state index in [0.717, 1.165) is 15.7 Å². The van der Waals surface area contributed by atoms with Gasteiger partial charge in [-0.3, -0.25) is 0 Å². The monoisotopic (exact) mass is 341 g/mol. The number of hydrogen-bond donors (Lipinski definition) is 2. The summed E-state index contributed by atoms with van der Waals surface area (Å²) in [5.74, 6) is 1.32. The molecule has 0 bridgehead atoms. The highest BCUT2D eigenvalue weighted by molar-refractivity contribution is 9.10. The molecule has 3 N–H and O–H groups in total. The zero-order chi connectivity index (χ0) is 14.0. The summed E-state index contributed by atoms with van der Waals surface area (Å²) in [5, 5.41) is 3.85. The summed E-state index contributed by atoms with van der Waals surface area (Å²) >= 11 is 9.48. The minimum atomic E-state index is 0.594. The number of nitrogen functional groups attached to an aromatic ring is 1. The maximum atomic E-state index is 6.07. The van der Waals surface area contributed by atoms with E-state index in [1.165, 1.54) is 0 Å². The zero-order valence-corrected chi connectivity index (χ0v) is 12.8. The molecule has 0 atom stereocenters. The topological polar surface area (TPSA) is 60.2 Å². The van der Waals surface area contributed by atoms with E-state index >= 15 is 0 Å². The highest BCUT2D eigenvalue weighted by Crippen LogP contribution is 2.34. The van der Waals surface area contributed by atoms with Gasteiger partial charge in [0.25, 0.3) is 0 Å². The van der Waals surface area contributed by atoms with E-state index in [4.69, 9.17) is 22.1 Å². The Morgan fingerprint density at radius 1 is 1.37 bits per heavy atom. The molecule has 4 nitrogen and oxygen atoms in total. The van der Waals surface area contributed by atoms with Crippen LogP contribution >= 0.6 is 27.5 Å². The predicted octanol–water partition coefficient (Wildman–Crippen LogP) is 4.14. The molecule has 0 fully saturated rings. The van der Waals surface area contributed by atoms with Crippen molar-refractivity contribution in [3.8, 4) is 5.75 Å². The number of aromatic nitrogens is 1. The van der Waals surface area contributed by atoms with Gasteiger partial charge in [0, 0.05) is 11.1 Å². The minimum Gasteiger partial charge on any atom is -0.495 e. The summed E-state index contributed by atoms with van der Waals surface area (Å²) in [4.78, 5) is 4.23. The van der Waals surface area contributed by atoms with Gasteiger partial charge in [0.2, 0.25) is 0 Å². The molecule has 0 saturated carbocycles. The van der Waals surface area contributed by atoms with E-state index in [9.17, 15) is 0 Å². The fourth-order valence-corrected chi connectivity index (χ4v) is 2.22. The second-order valence-corrected chi connectivity index (χ2v) is 5.29. The average molecular weight is 343 g/mol. The molecule has 1 aromatic heterocycles. The van der Waals surface area contributed by atoms with E-state index < -0.39 is 0 Å². The Kier molecular flexibility index (Phi) is 4.17. The van der Waals surface area contributed by atoms with Crippen molar-refractivity contribution in [3.63, 3.8) is 0 Å². The number of anilines is 3. The number of ether oxygens (including phenoxy) is 1. The van der Waals surface area contributed by atoms with Gasteiger partial charge in [-0.05, 0) is 40.5 Å². The van der Waals surface area contributed by atoms with Gasteiger partial charge in [0.1, 0.15) is 11.6 Å². The molecule has 0 spiro atoms. The van der Waals surface area contributed by atoms with Gasteiger partial charge >= 0.3 is 0 Å². The summed E-state index contributed by atoms with van der Waals surface area (Å²) in [5.41, 5.74) is 8.00. The first-order valence-electron chi connectivity index (χ1n) is 5.53. The van der Waals surface area contributed by atoms with Crippen molar-refractivity contribution in [2.75, 3.05) is 18.2 Å². The van der Waals surface area contributed by atoms with Gasteiger partial charge in [-0.15, -0.1) is 0 Å². The van der Waals surface area contributed by atoms with E-state index in [0.29, 0.717) is 22.3 Å². The van der Waals surface area contributed by atoms with E-state index in [1.807, 2.05) is 13.0 Å². The fourth-order valence-electron chi connectivity index (χ4n) is 1.60. The van der Waals surface area contributed by atoms with Crippen molar-refractivity contribution in [3.05, 3.63) is 39.5 Å². The lowest BCUT2D eigenvalue weighted by molar-refractivity contribution is 0.416. The van der Waals surface area contributed by atoms with Crippen LogP contribution in [0.5, 0.6) is 5.75 Å². The van der Waals surface area contributed by atoms with Crippen LogP contribution < -0.4 is 15.8 Å². The lowest BCUT2D eigenvalue weighted by atomic mass is 10.2. The summed E-state index contributed by atoms with van der Waals surface area (Å²) in [6.45, 7) is 1.93. The normalized spacial score (nSPS) is 10.3. The number of methoxy groups -OCH3 is 1. The number of pyridine rings is 1. The fraction of sp³-hybridized carbons (Fsp3) is 0.154. The average Bonchev–Trinajstić information content (AvgIpc) is 2.36. The van der Waals surface area contributed by atoms with Crippen LogP contribution in [0.2, 0.25) is 5.02 Å². The van der Waals surface area contributed by atoms with Gasteiger partial charge in [-0.1, -0.05) is 11.6 Å². The van der Waals surface area contributed by atoms with E-state index in [1.54, 1.807) is 25.4 Å². The summed E-state index contributed by atoms with van der Waals surface area (Å²) in [7, 11) is 1.59. The first-order chi connectivity index (χ1) is 9.01. The van der Waals surface area contributed by atoms with Gasteiger partial charge in [0.15, 0.2) is 0 Å². The summed E-state index contributed by atoms with van der Waals surface area (Å²) in [6.07, 6.45) is 1.59. The molecule has 0 saturated heterocycles. The lowest BCUT2D eigenvalue weighted by Crippen LogP contribution is -1.99. The van der Waals surface area contributed by atoms with Crippen molar-refractivity contribution in [1.29, 1.82) is 0 Å². The molecule has 2 rings (SSSR count). The Balaban J connectivity index is 2.40. The van der Waals surface area contributed by atoms with Gasteiger partial charge in [0.05, 0.1) is 29.2 Å². The van der Waals surface area contributed by atoms with Gasteiger partial charge in [-0.25, -0.2) is 4.98 Å². The first kappa shape index (κ1) is 14.0. The third kappa shape index (κ3) is 3.11. The van der Waals surface area contributed by atoms with Gasteiger partial charge in [-0.2, -0.15) is 0 Å². The number of nitrogens with one attached hydrogen (secondary N) is 1. The highest BCUT2D eigenvalue weighted by Gasteiger charge is 2.09. The number of hydrogen-bond acceptors (Lipinski definition) is 4. The molecule has 0 amide bonds. The smallest absolute Gasteiger partial charge is 0.144 e. The SMILES string of the molecule is COc1cc(Cl)c(C)cc1Nc1ncc(N)cc1Br. The quantitative estimate of drug-likeness (QED) is 0.880. The Hall–Kier alpha value is -1.46. The molecule has 19 heavy (non-hydrogen) atoms. The van der Waals surface area contributed by atoms with Gasteiger partial charge < -0.3 is 15.8 Å². The standard InChI is InChI=1S/C13H13BrClN3O/c1-7-3-11(12(19-2)5-10(7)15)18-13-9(14)4-8(16)6-17-13/h3-6H,16H2,1-2H3,(H,17,18). The van der Waals surface area contributed by atoms with Crippen LogP contribution in [0.3, 0.4) is 0 Å². The first-order valence-corrected chi connectivity index (χ1v) is 6.70. The van der Waals surface area contributed by atoms with E-state index in [-0.39, 0.29) is 0 Å². The largest absolute Gasteiger partial charge is 0.495 e. The maximum absolute atomic E-state index is 6.07. The Morgan fingerprint density at radius 2 is 2.11 bits per heavy atom. The number of nitrogens with zero attached hydrogens (tertiary/aromatic N) is 1. The van der Waals surface area contributed by atoms with Crippen LogP contribution in [-0.4, -0.2) is 12.1 Å². The molecule has 1 heterocycles. The number of rotatable bonds is 3. The number of halogens is 2. The third-order valence-electron chi connectivity index (χ3n) is 2.60. The molecule has 0 aliphatic carbocycles. The Labute approximate surface area is 125 Å². The van der Waals surface area contributed by atoms with Crippen LogP contribution in [0.25, 0.3) is 0 Å². The maximum Gasteiger partial charge on any atom is 0.144 e. The molecule has 0 aliphatic rings. The number of aryl methyl sites for hydroxylation is 1. The Bertz CT molecular complexity index is 619. The number of nitrogens with two attached hydrogens (primary N) is 1. The van der Waals surface area contributed by atoms with Crippen LogP contribution in [0.1, 0.15) is 5.56 Å². The Morgan fingerprint density at radius 3 is 2.74 bits per heavy atom. The van der Waals surface area contributed by atoms with Crippen LogP contribution in [0.4, 0.5) is 17.2 Å². The van der Waals surface area contributed by atoms with Crippen molar-refractivity contribution >= 4 is 44.7 Å². The third-order valence-corrected chi connectivity index (χ3v) is 3.61. The van der Waals surface area contributed by atoms with Crippen LogP contribution in [0.15, 0.2) is 28.9 Å². The molecule has 1 aromatic carbocycles.